The van der Waals surface area contributed by atoms with Crippen LogP contribution >= 0.6 is 0 Å². The summed E-state index contributed by atoms with van der Waals surface area (Å²) in [5.74, 6) is 1.04. The maximum Gasteiger partial charge on any atom is 0.251 e. The second-order valence-electron chi connectivity index (χ2n) is 6.11. The molecule has 1 fully saturated rings. The summed E-state index contributed by atoms with van der Waals surface area (Å²) in [6.07, 6.45) is 3.36. The van der Waals surface area contributed by atoms with Crippen LogP contribution in [0.15, 0.2) is 36.7 Å². The molecule has 2 atom stereocenters. The van der Waals surface area contributed by atoms with E-state index in [1.165, 1.54) is 0 Å². The Labute approximate surface area is 146 Å². The van der Waals surface area contributed by atoms with Crippen LogP contribution in [0.3, 0.4) is 0 Å². The van der Waals surface area contributed by atoms with E-state index < -0.39 is 0 Å². The monoisotopic (exact) mass is 342 g/mol. The van der Waals surface area contributed by atoms with E-state index in [-0.39, 0.29) is 24.5 Å². The fraction of sp³-hybridized carbons (Fsp3) is 0.389. The summed E-state index contributed by atoms with van der Waals surface area (Å²) in [7, 11) is 1.58. The van der Waals surface area contributed by atoms with Crippen molar-refractivity contribution in [2.24, 2.45) is 5.92 Å². The van der Waals surface area contributed by atoms with E-state index in [0.29, 0.717) is 30.4 Å². The number of aliphatic hydroxyl groups excluding tert-OH is 1. The van der Waals surface area contributed by atoms with Gasteiger partial charge in [-0.15, -0.1) is 0 Å². The fourth-order valence-corrected chi connectivity index (χ4v) is 3.17. The van der Waals surface area contributed by atoms with Crippen LogP contribution in [-0.2, 0) is 0 Å². The molecule has 2 heterocycles. The van der Waals surface area contributed by atoms with Gasteiger partial charge in [0.25, 0.3) is 5.91 Å². The van der Waals surface area contributed by atoms with Gasteiger partial charge in [0.05, 0.1) is 13.2 Å². The summed E-state index contributed by atoms with van der Waals surface area (Å²) in [5, 5.41) is 12.7. The lowest BCUT2D eigenvalue weighted by Crippen LogP contribution is -2.41. The number of hydrogen-bond acceptors (Lipinski definition) is 6. The van der Waals surface area contributed by atoms with Crippen molar-refractivity contribution in [1.29, 1.82) is 0 Å². The molecule has 2 N–H and O–H groups in total. The number of amides is 1. The third-order valence-corrected chi connectivity index (χ3v) is 4.58. The highest BCUT2D eigenvalue weighted by atomic mass is 16.5. The summed E-state index contributed by atoms with van der Waals surface area (Å²) >= 11 is 0. The van der Waals surface area contributed by atoms with E-state index in [1.807, 2.05) is 17.9 Å². The van der Waals surface area contributed by atoms with Crippen LogP contribution in [0.2, 0.25) is 0 Å². The number of methoxy groups -OCH3 is 1. The van der Waals surface area contributed by atoms with Gasteiger partial charge in [0, 0.05) is 49.1 Å². The predicted octanol–water partition coefficient (Wildman–Crippen LogP) is 1.02. The van der Waals surface area contributed by atoms with Crippen LogP contribution in [0, 0.1) is 12.8 Å². The quantitative estimate of drug-likeness (QED) is 0.844. The molecule has 0 unspecified atom stereocenters. The average Bonchev–Trinajstić information content (AvgIpc) is 3.05. The number of hydrogen-bond donors (Lipinski definition) is 2. The summed E-state index contributed by atoms with van der Waals surface area (Å²) in [5.41, 5.74) is 1.37. The highest BCUT2D eigenvalue weighted by Gasteiger charge is 2.35. The molecule has 0 radical (unpaired) electrons. The van der Waals surface area contributed by atoms with Gasteiger partial charge >= 0.3 is 0 Å². The summed E-state index contributed by atoms with van der Waals surface area (Å²) in [4.78, 5) is 23.2. The van der Waals surface area contributed by atoms with Crippen LogP contribution in [0.1, 0.15) is 15.9 Å². The van der Waals surface area contributed by atoms with E-state index >= 15 is 0 Å². The maximum atomic E-state index is 12.7. The van der Waals surface area contributed by atoms with Gasteiger partial charge in [-0.2, -0.15) is 0 Å². The lowest BCUT2D eigenvalue weighted by atomic mass is 10.0. The Morgan fingerprint density at radius 3 is 2.76 bits per heavy atom. The maximum absolute atomic E-state index is 12.7. The number of nitrogens with zero attached hydrogens (tertiary/aromatic N) is 3. The molecule has 25 heavy (non-hydrogen) atoms. The van der Waals surface area contributed by atoms with Crippen molar-refractivity contribution < 1.29 is 14.6 Å². The number of aromatic nitrogens is 2. The molecular formula is C18H22N4O3. The molecule has 0 saturated carbocycles. The highest BCUT2D eigenvalue weighted by Crippen LogP contribution is 2.23. The Bertz CT molecular complexity index is 738. The van der Waals surface area contributed by atoms with E-state index in [4.69, 9.17) is 4.74 Å². The number of rotatable bonds is 5. The van der Waals surface area contributed by atoms with Crippen molar-refractivity contribution in [3.63, 3.8) is 0 Å². The minimum Gasteiger partial charge on any atom is -0.496 e. The number of carbonyl (C=O) groups excluding carboxylic acids is 1. The largest absolute Gasteiger partial charge is 0.496 e. The Morgan fingerprint density at radius 2 is 2.08 bits per heavy atom. The van der Waals surface area contributed by atoms with E-state index in [2.05, 4.69) is 15.3 Å². The first-order valence-corrected chi connectivity index (χ1v) is 8.21. The molecule has 1 amide bonds. The molecule has 132 valence electrons. The van der Waals surface area contributed by atoms with Gasteiger partial charge in [0.2, 0.25) is 5.95 Å². The van der Waals surface area contributed by atoms with Crippen molar-refractivity contribution in [2.75, 3.05) is 31.7 Å². The molecule has 0 aliphatic carbocycles. The average molecular weight is 342 g/mol. The van der Waals surface area contributed by atoms with Gasteiger partial charge in [-0.25, -0.2) is 9.97 Å². The smallest absolute Gasteiger partial charge is 0.251 e. The first kappa shape index (κ1) is 17.2. The van der Waals surface area contributed by atoms with Crippen LogP contribution in [-0.4, -0.2) is 53.8 Å². The van der Waals surface area contributed by atoms with Gasteiger partial charge < -0.3 is 20.1 Å². The van der Waals surface area contributed by atoms with Gasteiger partial charge in [0.15, 0.2) is 0 Å². The van der Waals surface area contributed by atoms with E-state index in [9.17, 15) is 9.90 Å². The summed E-state index contributed by atoms with van der Waals surface area (Å²) in [6.45, 7) is 3.01. The molecule has 2 aromatic rings. The van der Waals surface area contributed by atoms with Crippen LogP contribution in [0.5, 0.6) is 5.75 Å². The number of benzene rings is 1. The Balaban J connectivity index is 1.74. The second kappa shape index (κ2) is 7.48. The zero-order chi connectivity index (χ0) is 17.8. The SMILES string of the molecule is COc1cccc(C(=O)N[C@@H]2CN(c3ncccn3)C[C@H]2CO)c1C. The second-order valence-corrected chi connectivity index (χ2v) is 6.11. The predicted molar refractivity (Wildman–Crippen MR) is 93.8 cm³/mol. The number of anilines is 1. The Kier molecular flexibility index (Phi) is 5.14. The van der Waals surface area contributed by atoms with Crippen LogP contribution in [0.25, 0.3) is 0 Å². The lowest BCUT2D eigenvalue weighted by Gasteiger charge is -2.19. The minimum absolute atomic E-state index is 0.00856. The van der Waals surface area contributed by atoms with Crippen molar-refractivity contribution in [3.05, 3.63) is 47.8 Å². The fourth-order valence-electron chi connectivity index (χ4n) is 3.17. The highest BCUT2D eigenvalue weighted by molar-refractivity contribution is 5.96. The molecule has 0 bridgehead atoms. The standard InChI is InChI=1S/C18H22N4O3/c1-12-14(5-3-6-16(12)25-2)17(24)21-15-10-22(9-13(15)11-23)18-19-7-4-8-20-18/h3-8,13,15,23H,9-11H2,1-2H3,(H,21,24)/t13-,15+/m0/s1. The molecule has 1 saturated heterocycles. The molecule has 1 aromatic heterocycles. The van der Waals surface area contributed by atoms with Crippen molar-refractivity contribution in [1.82, 2.24) is 15.3 Å². The molecule has 7 heteroatoms. The van der Waals surface area contributed by atoms with Crippen LogP contribution < -0.4 is 15.0 Å². The molecule has 3 rings (SSSR count). The minimum atomic E-state index is -0.174. The molecule has 0 spiro atoms. The molecule has 1 aromatic carbocycles. The summed E-state index contributed by atoms with van der Waals surface area (Å²) in [6, 6.07) is 6.98. The first-order valence-electron chi connectivity index (χ1n) is 8.21. The van der Waals surface area contributed by atoms with Crippen LogP contribution in [0.4, 0.5) is 5.95 Å². The zero-order valence-electron chi connectivity index (χ0n) is 14.3. The van der Waals surface area contributed by atoms with Gasteiger partial charge in [0.1, 0.15) is 5.75 Å². The number of nitrogens with one attached hydrogen (secondary N) is 1. The third-order valence-electron chi connectivity index (χ3n) is 4.58. The summed E-state index contributed by atoms with van der Waals surface area (Å²) < 4.78 is 5.28. The van der Waals surface area contributed by atoms with Gasteiger partial charge in [-0.1, -0.05) is 6.07 Å². The molecular weight excluding hydrogens is 320 g/mol. The first-order chi connectivity index (χ1) is 12.1. The Morgan fingerprint density at radius 1 is 1.32 bits per heavy atom. The van der Waals surface area contributed by atoms with Crippen molar-refractivity contribution >= 4 is 11.9 Å². The zero-order valence-corrected chi connectivity index (χ0v) is 14.3. The van der Waals surface area contributed by atoms with E-state index in [0.717, 1.165) is 5.56 Å². The van der Waals surface area contributed by atoms with Gasteiger partial charge in [-0.05, 0) is 25.1 Å². The molecule has 1 aliphatic rings. The number of ether oxygens (including phenoxy) is 1. The van der Waals surface area contributed by atoms with Crippen molar-refractivity contribution in [2.45, 2.75) is 13.0 Å². The van der Waals surface area contributed by atoms with Crippen molar-refractivity contribution in [3.8, 4) is 5.75 Å². The molecule has 7 nitrogen and oxygen atoms in total. The number of carbonyl (C=O) groups is 1. The van der Waals surface area contributed by atoms with Gasteiger partial charge in [-0.3, -0.25) is 4.79 Å². The third kappa shape index (κ3) is 3.56. The molecule has 1 aliphatic heterocycles. The lowest BCUT2D eigenvalue weighted by molar-refractivity contribution is 0.0920. The topological polar surface area (TPSA) is 87.6 Å². The number of aliphatic hydroxyl groups is 1. The normalized spacial score (nSPS) is 19.7. The Hall–Kier alpha value is -2.67. The van der Waals surface area contributed by atoms with E-state index in [1.54, 1.807) is 37.7 Å².